The first-order valence-corrected chi connectivity index (χ1v) is 34.5. The molecule has 3 aromatic rings. The molecule has 3 aromatic heterocycles. The number of hydrogen-bond donors (Lipinski definition) is 9. The van der Waals surface area contributed by atoms with Crippen molar-refractivity contribution in [2.24, 2.45) is 17.8 Å². The maximum absolute atomic E-state index is 14.6. The summed E-state index contributed by atoms with van der Waals surface area (Å²) in [5.74, 6) is -4.76. The number of carbonyl (C=O) groups excluding carboxylic acids is 9. The summed E-state index contributed by atoms with van der Waals surface area (Å²) < 4.78 is 21.8. The van der Waals surface area contributed by atoms with Crippen molar-refractivity contribution in [2.75, 3.05) is 58.9 Å². The first-order chi connectivity index (χ1) is 43.5. The molecule has 0 aromatic carbocycles. The number of hydrogen-bond acceptors (Lipinski definition) is 19. The van der Waals surface area contributed by atoms with Crippen LogP contribution in [0.3, 0.4) is 0 Å². The van der Waals surface area contributed by atoms with E-state index in [1.54, 1.807) is 20.8 Å². The Balaban J connectivity index is 1.64. The Kier molecular flexibility index (Phi) is 29.3. The number of aromatic nitrogens is 6. The SMILES string of the molecule is Cc1nc2c(=O)n(c1C)[O][Ga]1[O]n3c(C)c(C)nc(c3=O)CCC(=O)NC(CC(C)C)C(=O)NCCC(=O)NCCN(CCNC(=O)CCNC(=O)C(CC(C)C)NC(=O)CC2)CCNC(=O)CCNC(=O)C(CC(C)C)NC(=O)CCc2nc(C)c(C)n(c2=O)[O]1. The second-order valence-electron chi connectivity index (χ2n) is 24.4. The van der Waals surface area contributed by atoms with E-state index in [-0.39, 0.29) is 205 Å². The number of nitrogens with zero attached hydrogens (tertiary/aromatic N) is 7. The molecule has 6 heterocycles. The molecule has 3 atom stereocenters. The van der Waals surface area contributed by atoms with Crippen LogP contribution in [0.1, 0.15) is 151 Å². The van der Waals surface area contributed by atoms with E-state index in [1.807, 2.05) is 46.4 Å². The third kappa shape index (κ3) is 23.5. The standard InChI is InChI=1S/C60H93N16O15.Ga/c1-34(2)31-46(70-52(80)16-13-43-58(86)74(89)40(10)37(7)67-43)55(83)64-22-19-49(77)61-25-28-73(29-26-62-50(78)20-23-65-56(84)47(32-35(3)4)71-53(81)17-14-44-59(87)75(90)41(11)38(8)68-44)30-27-63-51(79)21-24-66-57(85)48(33-36(5)6)72-54(82)18-15-45-60(88)76(91)42(12)39(9)69-45;/h34-36,46-48H,13-33H2,1-12H3,(H,61,77)(H,62,78)(H,63,79)(H,64,83)(H,65,84)(H,66,85)(H,70,80)(H,71,81)(H,72,82);/q-3;+3. The van der Waals surface area contributed by atoms with Crippen molar-refractivity contribution >= 4 is 70.5 Å². The molecule has 0 aliphatic carbocycles. The average Bonchev–Trinajstić information content (AvgIpc) is 0.807. The molecule has 31 nitrogen and oxygen atoms in total. The van der Waals surface area contributed by atoms with Gasteiger partial charge in [0.2, 0.25) is 17.7 Å². The zero-order valence-electron chi connectivity index (χ0n) is 55.1. The van der Waals surface area contributed by atoms with Gasteiger partial charge in [-0.2, -0.15) is 0 Å². The summed E-state index contributed by atoms with van der Waals surface area (Å²) in [7, 11) is 0. The second-order valence-corrected chi connectivity index (χ2v) is 26.9. The van der Waals surface area contributed by atoms with Crippen molar-refractivity contribution in [3.05, 3.63) is 82.3 Å². The molecule has 32 heteroatoms. The fraction of sp³-hybridized carbons (Fsp3) is 0.650. The maximum atomic E-state index is 14.6. The van der Waals surface area contributed by atoms with Gasteiger partial charge in [0.1, 0.15) is 0 Å². The molecule has 3 aliphatic rings. The predicted molar refractivity (Wildman–Crippen MR) is 337 cm³/mol. The van der Waals surface area contributed by atoms with Gasteiger partial charge in [0, 0.05) is 58.5 Å². The summed E-state index contributed by atoms with van der Waals surface area (Å²) in [5.41, 5.74) is -1.75. The molecule has 3 aliphatic heterocycles. The molecule has 9 amide bonds. The molecular formula is C60H93GaN16O15. The van der Waals surface area contributed by atoms with E-state index in [0.29, 0.717) is 0 Å². The number of rotatable bonds is 6. The van der Waals surface area contributed by atoms with Crippen LogP contribution >= 0.6 is 0 Å². The van der Waals surface area contributed by atoms with E-state index in [9.17, 15) is 57.5 Å². The van der Waals surface area contributed by atoms with Crippen LogP contribution in [0.2, 0.25) is 0 Å². The number of fused-ring (bicyclic) bond motifs is 36. The molecule has 3 unspecified atom stereocenters. The average molecular weight is 1350 g/mol. The summed E-state index contributed by atoms with van der Waals surface area (Å²) in [6, 6.07) is -3.06. The van der Waals surface area contributed by atoms with E-state index in [4.69, 9.17) is 10.9 Å². The zero-order valence-corrected chi connectivity index (χ0v) is 57.6. The van der Waals surface area contributed by atoms with Gasteiger partial charge in [-0.3, -0.25) is 19.3 Å². The third-order valence-electron chi connectivity index (χ3n) is 15.3. The number of carbonyl (C=O) groups is 9. The molecule has 0 fully saturated rings. The van der Waals surface area contributed by atoms with Gasteiger partial charge in [-0.15, -0.1) is 0 Å². The Hall–Kier alpha value is -8.13. The van der Waals surface area contributed by atoms with Crippen molar-refractivity contribution in [3.63, 3.8) is 0 Å². The quantitative estimate of drug-likeness (QED) is 0.115. The molecule has 0 saturated heterocycles. The van der Waals surface area contributed by atoms with E-state index < -0.39 is 105 Å². The minimum atomic E-state index is -4.97. The molecule has 0 spiro atoms. The van der Waals surface area contributed by atoms with Gasteiger partial charge in [-0.05, 0) is 0 Å². The van der Waals surface area contributed by atoms with Crippen LogP contribution < -0.4 is 75.4 Å². The number of aryl methyl sites for hydroxylation is 6. The topological polar surface area (TPSA) is 397 Å². The summed E-state index contributed by atoms with van der Waals surface area (Å²) >= 11 is -4.97. The van der Waals surface area contributed by atoms with Crippen molar-refractivity contribution in [1.29, 1.82) is 0 Å². The van der Waals surface area contributed by atoms with Crippen LogP contribution in [0, 0.1) is 59.3 Å². The second kappa shape index (κ2) is 36.2. The molecule has 8 bridgehead atoms. The molecule has 9 N–H and O–H groups in total. The number of nitrogens with one attached hydrogen (secondary N) is 9. The molecule has 6 rings (SSSR count). The van der Waals surface area contributed by atoms with Crippen LogP contribution in [0.15, 0.2) is 14.4 Å². The number of amides is 9. The van der Waals surface area contributed by atoms with Crippen LogP contribution in [-0.2, 0) is 62.4 Å². The van der Waals surface area contributed by atoms with E-state index in [1.165, 1.54) is 20.8 Å². The Morgan fingerprint density at radius 3 is 0.880 bits per heavy atom. The van der Waals surface area contributed by atoms with Crippen LogP contribution in [0.5, 0.6) is 0 Å². The summed E-state index contributed by atoms with van der Waals surface area (Å²) in [5, 5.41) is 25.0. The van der Waals surface area contributed by atoms with Gasteiger partial charge in [0.25, 0.3) is 0 Å². The molecular weight excluding hydrogens is 1250 g/mol. The van der Waals surface area contributed by atoms with Gasteiger partial charge >= 0.3 is 432 Å². The van der Waals surface area contributed by atoms with Gasteiger partial charge in [-0.1, -0.05) is 0 Å². The summed E-state index contributed by atoms with van der Waals surface area (Å²) in [6.07, 6.45) is -1.39. The van der Waals surface area contributed by atoms with Crippen molar-refractivity contribution in [3.8, 4) is 0 Å². The van der Waals surface area contributed by atoms with Gasteiger partial charge in [-0.25, -0.2) is 0 Å². The van der Waals surface area contributed by atoms with Crippen molar-refractivity contribution in [2.45, 2.75) is 178 Å². The van der Waals surface area contributed by atoms with Gasteiger partial charge in [0.15, 0.2) is 0 Å². The van der Waals surface area contributed by atoms with Crippen molar-refractivity contribution in [1.82, 2.24) is 81.9 Å². The monoisotopic (exact) mass is 1350 g/mol. The molecule has 92 heavy (non-hydrogen) atoms. The minimum absolute atomic E-state index is 0.0595. The Morgan fingerprint density at radius 2 is 0.630 bits per heavy atom. The summed E-state index contributed by atoms with van der Waals surface area (Å²) in [6.45, 7) is 21.5. The van der Waals surface area contributed by atoms with Crippen molar-refractivity contribution < 1.29 is 54.0 Å². The Labute approximate surface area is 541 Å². The molecule has 0 saturated carbocycles. The molecule has 0 radical (unpaired) electrons. The Morgan fingerprint density at radius 1 is 0.370 bits per heavy atom. The Bertz CT molecular complexity index is 2990. The van der Waals surface area contributed by atoms with Crippen LogP contribution in [0.25, 0.3) is 0 Å². The predicted octanol–water partition coefficient (Wildman–Crippen LogP) is -2.53. The van der Waals surface area contributed by atoms with E-state index >= 15 is 0 Å². The molecule has 506 valence electrons. The third-order valence-corrected chi connectivity index (χ3v) is 17.7. The van der Waals surface area contributed by atoms with Crippen LogP contribution in [-0.4, -0.2) is 182 Å². The first-order valence-electron chi connectivity index (χ1n) is 31.5. The summed E-state index contributed by atoms with van der Waals surface area (Å²) in [4.78, 5) is 181. The fourth-order valence-electron chi connectivity index (χ4n) is 9.96. The van der Waals surface area contributed by atoms with E-state index in [0.717, 1.165) is 14.2 Å². The first kappa shape index (κ1) is 74.6. The van der Waals surface area contributed by atoms with Gasteiger partial charge in [0.05, 0.1) is 0 Å². The fourth-order valence-corrected chi connectivity index (χ4v) is 12.9. The zero-order chi connectivity index (χ0) is 67.9. The van der Waals surface area contributed by atoms with E-state index in [2.05, 4.69) is 62.8 Å². The van der Waals surface area contributed by atoms with Gasteiger partial charge < -0.3 is 16.0 Å². The normalized spacial score (nSPS) is 20.5. The van der Waals surface area contributed by atoms with Crippen LogP contribution in [0.4, 0.5) is 0 Å².